The molecule has 1 heterocycles. The molecule has 0 radical (unpaired) electrons. The molecule has 0 aliphatic heterocycles. The summed E-state index contributed by atoms with van der Waals surface area (Å²) in [4.78, 5) is 4.74. The minimum atomic E-state index is 0.538. The third-order valence-electron chi connectivity index (χ3n) is 3.97. The number of hydrogen-bond acceptors (Lipinski definition) is 3. The zero-order valence-electron chi connectivity index (χ0n) is 13.7. The van der Waals surface area contributed by atoms with E-state index >= 15 is 0 Å². The first kappa shape index (κ1) is 15.2. The van der Waals surface area contributed by atoms with E-state index in [1.165, 1.54) is 0 Å². The van der Waals surface area contributed by atoms with Crippen molar-refractivity contribution >= 4 is 5.69 Å². The second-order valence-electron chi connectivity index (χ2n) is 5.74. The summed E-state index contributed by atoms with van der Waals surface area (Å²) in [6.07, 6.45) is 0. The molecular weight excluding hydrogens is 308 g/mol. The lowest BCUT2D eigenvalue weighted by Crippen LogP contribution is -1.99. The molecule has 0 unspecified atom stereocenters. The number of aromatic nitrogens is 1. The summed E-state index contributed by atoms with van der Waals surface area (Å²) in [5, 5.41) is 3.35. The average Bonchev–Trinajstić information content (AvgIpc) is 3.13. The summed E-state index contributed by atoms with van der Waals surface area (Å²) in [6.45, 7) is 0.538. The quantitative estimate of drug-likeness (QED) is 0.517. The molecule has 4 rings (SSSR count). The molecule has 0 fully saturated rings. The number of anilines is 1. The van der Waals surface area contributed by atoms with E-state index in [1.54, 1.807) is 0 Å². The van der Waals surface area contributed by atoms with E-state index in [0.29, 0.717) is 12.4 Å². The van der Waals surface area contributed by atoms with Gasteiger partial charge in [-0.1, -0.05) is 78.9 Å². The van der Waals surface area contributed by atoms with Crippen LogP contribution in [0.3, 0.4) is 0 Å². The summed E-state index contributed by atoms with van der Waals surface area (Å²) in [5.41, 5.74) is 4.00. The van der Waals surface area contributed by atoms with Crippen molar-refractivity contribution in [2.75, 3.05) is 5.32 Å². The molecule has 3 aromatic carbocycles. The molecule has 25 heavy (non-hydrogen) atoms. The van der Waals surface area contributed by atoms with Crippen molar-refractivity contribution in [3.8, 4) is 22.6 Å². The Labute approximate surface area is 147 Å². The van der Waals surface area contributed by atoms with E-state index in [9.17, 15) is 0 Å². The van der Waals surface area contributed by atoms with Gasteiger partial charge in [-0.2, -0.15) is 0 Å². The Morgan fingerprint density at radius 2 is 1.24 bits per heavy atom. The normalized spacial score (nSPS) is 10.6. The van der Waals surface area contributed by atoms with Gasteiger partial charge in [0, 0.05) is 16.8 Å². The number of oxazole rings is 1. The highest BCUT2D eigenvalue weighted by Gasteiger charge is 2.16. The lowest BCUT2D eigenvalue weighted by atomic mass is 10.1. The summed E-state index contributed by atoms with van der Waals surface area (Å²) in [7, 11) is 0. The topological polar surface area (TPSA) is 38.1 Å². The smallest absolute Gasteiger partial charge is 0.214 e. The van der Waals surface area contributed by atoms with E-state index in [4.69, 9.17) is 9.40 Å². The van der Waals surface area contributed by atoms with Crippen LogP contribution in [0.1, 0.15) is 5.89 Å². The molecule has 0 saturated carbocycles. The van der Waals surface area contributed by atoms with Gasteiger partial charge in [-0.25, -0.2) is 4.98 Å². The van der Waals surface area contributed by atoms with E-state index < -0.39 is 0 Å². The van der Waals surface area contributed by atoms with Gasteiger partial charge in [0.2, 0.25) is 5.89 Å². The lowest BCUT2D eigenvalue weighted by Gasteiger charge is -2.02. The van der Waals surface area contributed by atoms with Gasteiger partial charge < -0.3 is 9.73 Å². The van der Waals surface area contributed by atoms with Crippen molar-refractivity contribution in [2.45, 2.75) is 6.54 Å². The molecular formula is C22H18N2O. The maximum absolute atomic E-state index is 6.10. The summed E-state index contributed by atoms with van der Waals surface area (Å²) in [5.74, 6) is 1.47. The van der Waals surface area contributed by atoms with Crippen LogP contribution in [0.15, 0.2) is 95.4 Å². The molecule has 0 spiro atoms. The fourth-order valence-electron chi connectivity index (χ4n) is 2.75. The van der Waals surface area contributed by atoms with Gasteiger partial charge in [0.15, 0.2) is 5.76 Å². The molecule has 122 valence electrons. The minimum absolute atomic E-state index is 0.538. The Bertz CT molecular complexity index is 875. The van der Waals surface area contributed by atoms with Crippen LogP contribution in [0.4, 0.5) is 5.69 Å². The van der Waals surface area contributed by atoms with E-state index in [1.807, 2.05) is 78.9 Å². The van der Waals surface area contributed by atoms with Gasteiger partial charge in [-0.3, -0.25) is 0 Å². The van der Waals surface area contributed by atoms with Crippen LogP contribution >= 0.6 is 0 Å². The van der Waals surface area contributed by atoms with Gasteiger partial charge in [0.1, 0.15) is 5.69 Å². The number of hydrogen-bond donors (Lipinski definition) is 1. The van der Waals surface area contributed by atoms with Crippen LogP contribution in [0, 0.1) is 0 Å². The molecule has 0 saturated heterocycles. The molecule has 0 bridgehead atoms. The molecule has 1 N–H and O–H groups in total. The monoisotopic (exact) mass is 326 g/mol. The van der Waals surface area contributed by atoms with Crippen LogP contribution in [-0.2, 0) is 6.54 Å². The first-order valence-electron chi connectivity index (χ1n) is 8.29. The third kappa shape index (κ3) is 3.45. The van der Waals surface area contributed by atoms with Crippen molar-refractivity contribution in [3.63, 3.8) is 0 Å². The van der Waals surface area contributed by atoms with Crippen molar-refractivity contribution in [3.05, 3.63) is 96.9 Å². The van der Waals surface area contributed by atoms with Gasteiger partial charge in [0.25, 0.3) is 0 Å². The van der Waals surface area contributed by atoms with E-state index in [0.717, 1.165) is 28.3 Å². The molecule has 0 aliphatic rings. The van der Waals surface area contributed by atoms with Crippen molar-refractivity contribution in [1.82, 2.24) is 4.98 Å². The number of nitrogens with zero attached hydrogens (tertiary/aromatic N) is 1. The number of benzene rings is 3. The second kappa shape index (κ2) is 7.05. The van der Waals surface area contributed by atoms with E-state index in [2.05, 4.69) is 17.4 Å². The van der Waals surface area contributed by atoms with Crippen molar-refractivity contribution < 1.29 is 4.42 Å². The molecule has 1 aromatic heterocycles. The minimum Gasteiger partial charge on any atom is -0.438 e. The Morgan fingerprint density at radius 3 is 1.88 bits per heavy atom. The predicted octanol–water partition coefficient (Wildman–Crippen LogP) is 5.62. The first-order chi connectivity index (χ1) is 12.4. The van der Waals surface area contributed by atoms with Crippen LogP contribution < -0.4 is 5.32 Å². The van der Waals surface area contributed by atoms with Crippen LogP contribution in [0.2, 0.25) is 0 Å². The summed E-state index contributed by atoms with van der Waals surface area (Å²) in [6, 6.07) is 30.3. The number of rotatable bonds is 5. The van der Waals surface area contributed by atoms with E-state index in [-0.39, 0.29) is 0 Å². The Hall–Kier alpha value is -3.33. The van der Waals surface area contributed by atoms with Gasteiger partial charge >= 0.3 is 0 Å². The highest BCUT2D eigenvalue weighted by Crippen LogP contribution is 2.32. The van der Waals surface area contributed by atoms with Crippen LogP contribution in [0.25, 0.3) is 22.6 Å². The SMILES string of the molecule is c1ccc(NCc2nc(-c3ccccc3)c(-c3ccccc3)o2)cc1. The lowest BCUT2D eigenvalue weighted by molar-refractivity contribution is 0.516. The standard InChI is InChI=1S/C22H18N2O/c1-4-10-17(11-5-1)21-22(18-12-6-2-7-13-18)25-20(24-21)16-23-19-14-8-3-9-15-19/h1-15,23H,16H2. The molecule has 0 amide bonds. The van der Waals surface area contributed by atoms with Crippen molar-refractivity contribution in [2.24, 2.45) is 0 Å². The zero-order valence-corrected chi connectivity index (χ0v) is 13.7. The molecule has 3 heteroatoms. The molecule has 0 atom stereocenters. The van der Waals surface area contributed by atoms with Crippen molar-refractivity contribution in [1.29, 1.82) is 0 Å². The highest BCUT2D eigenvalue weighted by atomic mass is 16.4. The van der Waals surface area contributed by atoms with Crippen LogP contribution in [0.5, 0.6) is 0 Å². The molecule has 4 aromatic rings. The average molecular weight is 326 g/mol. The molecule has 0 aliphatic carbocycles. The van der Waals surface area contributed by atoms with Gasteiger partial charge in [-0.15, -0.1) is 0 Å². The summed E-state index contributed by atoms with van der Waals surface area (Å²) < 4.78 is 6.10. The first-order valence-corrected chi connectivity index (χ1v) is 8.29. The van der Waals surface area contributed by atoms with Crippen LogP contribution in [-0.4, -0.2) is 4.98 Å². The Kier molecular flexibility index (Phi) is 4.29. The fraction of sp³-hybridized carbons (Fsp3) is 0.0455. The molecule has 3 nitrogen and oxygen atoms in total. The zero-order chi connectivity index (χ0) is 16.9. The maximum Gasteiger partial charge on any atom is 0.214 e. The number of nitrogens with one attached hydrogen (secondary N) is 1. The number of para-hydroxylation sites is 1. The highest BCUT2D eigenvalue weighted by molar-refractivity contribution is 5.76. The Morgan fingerprint density at radius 1 is 0.680 bits per heavy atom. The van der Waals surface area contributed by atoms with Gasteiger partial charge in [-0.05, 0) is 12.1 Å². The maximum atomic E-state index is 6.10. The predicted molar refractivity (Wildman–Crippen MR) is 101 cm³/mol. The fourth-order valence-corrected chi connectivity index (χ4v) is 2.75. The second-order valence-corrected chi connectivity index (χ2v) is 5.74. The third-order valence-corrected chi connectivity index (χ3v) is 3.97. The van der Waals surface area contributed by atoms with Gasteiger partial charge in [0.05, 0.1) is 6.54 Å². The largest absolute Gasteiger partial charge is 0.438 e. The Balaban J connectivity index is 1.68. The summed E-state index contributed by atoms with van der Waals surface area (Å²) >= 11 is 0.